The van der Waals surface area contributed by atoms with Crippen LogP contribution in [-0.4, -0.2) is 66.8 Å². The molecule has 3 aliphatic rings. The summed E-state index contributed by atoms with van der Waals surface area (Å²) in [6.45, 7) is 3.32. The Morgan fingerprint density at radius 3 is 2.66 bits per heavy atom. The molecule has 3 fully saturated rings. The molecule has 2 aliphatic carbocycles. The summed E-state index contributed by atoms with van der Waals surface area (Å²) in [7, 11) is 3.84. The molecule has 5 rings (SSSR count). The number of piperidine rings is 1. The third kappa shape index (κ3) is 6.26. The van der Waals surface area contributed by atoms with Crippen LogP contribution in [0.1, 0.15) is 68.9 Å². The number of carbonyl (C=O) groups excluding carboxylic acids is 1. The minimum Gasteiger partial charge on any atom is -0.508 e. The number of aromatic hydroxyl groups is 1. The van der Waals surface area contributed by atoms with Crippen molar-refractivity contribution in [1.29, 1.82) is 0 Å². The minimum absolute atomic E-state index is 0.0907. The number of hydrogen-bond acceptors (Lipinski definition) is 4. The summed E-state index contributed by atoms with van der Waals surface area (Å²) in [5.74, 6) is 1.81. The molecule has 38 heavy (non-hydrogen) atoms. The maximum absolute atomic E-state index is 13.3. The molecule has 5 nitrogen and oxygen atoms in total. The number of phenols is 1. The molecule has 0 bridgehead atoms. The van der Waals surface area contributed by atoms with Gasteiger partial charge in [0.25, 0.3) is 0 Å². The van der Waals surface area contributed by atoms with E-state index >= 15 is 0 Å². The molecule has 2 aromatic rings. The molecule has 2 saturated carbocycles. The Kier molecular flexibility index (Phi) is 8.74. The summed E-state index contributed by atoms with van der Waals surface area (Å²) in [5, 5.41) is 10.4. The third-order valence-electron chi connectivity index (χ3n) is 9.67. The standard InChI is InChI=1S/C33H46N2O3/c1-34(32(37)15-8-4-7-12-25-10-5-3-6-11-25)28-21-31(38-2)30-24-35(23-26-16-17-26)19-18-33(30,22-28)27-13-9-14-29(36)20-27/h3,5-6,9-11,13-14,20,26,28,30-31,36H,4,7-8,12,15-19,21-24H2,1-2H3/t28-,30+,31?,33+/m1/s1. The van der Waals surface area contributed by atoms with Gasteiger partial charge in [-0.15, -0.1) is 0 Å². The Balaban J connectivity index is 1.25. The average molecular weight is 519 g/mol. The highest BCUT2D eigenvalue weighted by Gasteiger charge is 2.53. The predicted molar refractivity (Wildman–Crippen MR) is 152 cm³/mol. The summed E-state index contributed by atoms with van der Waals surface area (Å²) in [6, 6.07) is 18.6. The molecule has 1 heterocycles. The van der Waals surface area contributed by atoms with Crippen LogP contribution in [0.5, 0.6) is 5.75 Å². The Morgan fingerprint density at radius 2 is 1.92 bits per heavy atom. The summed E-state index contributed by atoms with van der Waals surface area (Å²) >= 11 is 0. The van der Waals surface area contributed by atoms with E-state index in [9.17, 15) is 9.90 Å². The summed E-state index contributed by atoms with van der Waals surface area (Å²) in [4.78, 5) is 18.0. The third-order valence-corrected chi connectivity index (χ3v) is 9.67. The van der Waals surface area contributed by atoms with Crippen LogP contribution in [0.25, 0.3) is 0 Å². The smallest absolute Gasteiger partial charge is 0.222 e. The molecular weight excluding hydrogens is 472 g/mol. The lowest BCUT2D eigenvalue weighted by Crippen LogP contribution is -2.61. The van der Waals surface area contributed by atoms with E-state index in [1.54, 1.807) is 6.07 Å². The fourth-order valence-electron chi connectivity index (χ4n) is 7.24. The fourth-order valence-corrected chi connectivity index (χ4v) is 7.24. The number of benzene rings is 2. The molecule has 1 N–H and O–H groups in total. The zero-order chi connectivity index (χ0) is 26.5. The van der Waals surface area contributed by atoms with Crippen molar-refractivity contribution in [2.24, 2.45) is 11.8 Å². The van der Waals surface area contributed by atoms with Crippen LogP contribution in [0.4, 0.5) is 0 Å². The van der Waals surface area contributed by atoms with E-state index in [1.165, 1.54) is 30.5 Å². The zero-order valence-corrected chi connectivity index (χ0v) is 23.4. The Morgan fingerprint density at radius 1 is 1.11 bits per heavy atom. The van der Waals surface area contributed by atoms with Crippen molar-refractivity contribution in [1.82, 2.24) is 9.80 Å². The van der Waals surface area contributed by atoms with Gasteiger partial charge in [-0.2, -0.15) is 0 Å². The van der Waals surface area contributed by atoms with Crippen molar-refractivity contribution in [2.75, 3.05) is 33.8 Å². The highest BCUT2D eigenvalue weighted by molar-refractivity contribution is 5.76. The lowest BCUT2D eigenvalue weighted by molar-refractivity contribution is -0.137. The first-order valence-electron chi connectivity index (χ1n) is 14.8. The first-order valence-corrected chi connectivity index (χ1v) is 14.8. The number of methoxy groups -OCH3 is 1. The summed E-state index contributed by atoms with van der Waals surface area (Å²) in [5.41, 5.74) is 2.49. The SMILES string of the molecule is COC1C[C@@H](N(C)C(=O)CCCCCc2ccccc2)C[C@]2(c3cccc(O)c3)CCN(CC3CC3)C[C@@H]12. The number of ether oxygens (including phenoxy) is 1. The van der Waals surface area contributed by atoms with E-state index in [4.69, 9.17) is 4.74 Å². The minimum atomic E-state index is -0.0907. The second-order valence-electron chi connectivity index (χ2n) is 12.2. The van der Waals surface area contributed by atoms with Crippen molar-refractivity contribution in [2.45, 2.75) is 81.8 Å². The van der Waals surface area contributed by atoms with Gasteiger partial charge in [-0.05, 0) is 87.1 Å². The van der Waals surface area contributed by atoms with E-state index in [0.717, 1.165) is 64.0 Å². The van der Waals surface area contributed by atoms with Crippen LogP contribution in [0.2, 0.25) is 0 Å². The Hall–Kier alpha value is -2.37. The molecule has 5 heteroatoms. The van der Waals surface area contributed by atoms with Crippen molar-refractivity contribution in [3.63, 3.8) is 0 Å². The topological polar surface area (TPSA) is 53.0 Å². The van der Waals surface area contributed by atoms with Crippen molar-refractivity contribution in [3.05, 3.63) is 65.7 Å². The molecular formula is C33H46N2O3. The van der Waals surface area contributed by atoms with Crippen LogP contribution >= 0.6 is 0 Å². The summed E-state index contributed by atoms with van der Waals surface area (Å²) in [6.07, 6.45) is 10.5. The predicted octanol–water partition coefficient (Wildman–Crippen LogP) is 5.80. The van der Waals surface area contributed by atoms with E-state index in [1.807, 2.05) is 31.2 Å². The molecule has 0 aromatic heterocycles. The van der Waals surface area contributed by atoms with Crippen LogP contribution in [0.15, 0.2) is 54.6 Å². The zero-order valence-electron chi connectivity index (χ0n) is 23.4. The molecule has 0 spiro atoms. The van der Waals surface area contributed by atoms with Gasteiger partial charge in [0.05, 0.1) is 6.10 Å². The van der Waals surface area contributed by atoms with Gasteiger partial charge in [-0.3, -0.25) is 4.79 Å². The average Bonchev–Trinajstić information content (AvgIpc) is 3.76. The lowest BCUT2D eigenvalue weighted by Gasteiger charge is -2.56. The number of nitrogens with zero attached hydrogens (tertiary/aromatic N) is 2. The molecule has 4 atom stereocenters. The first kappa shape index (κ1) is 27.2. The van der Waals surface area contributed by atoms with Gasteiger partial charge in [-0.25, -0.2) is 0 Å². The van der Waals surface area contributed by atoms with E-state index < -0.39 is 0 Å². The number of likely N-dealkylation sites (tertiary alicyclic amines) is 1. The van der Waals surface area contributed by atoms with Gasteiger partial charge in [0.1, 0.15) is 5.75 Å². The quantitative estimate of drug-likeness (QED) is 0.382. The van der Waals surface area contributed by atoms with Crippen LogP contribution in [0.3, 0.4) is 0 Å². The van der Waals surface area contributed by atoms with Gasteiger partial charge < -0.3 is 19.6 Å². The summed E-state index contributed by atoms with van der Waals surface area (Å²) < 4.78 is 6.19. The molecule has 1 unspecified atom stereocenters. The normalized spacial score (nSPS) is 27.6. The van der Waals surface area contributed by atoms with Crippen molar-refractivity contribution in [3.8, 4) is 5.75 Å². The molecule has 1 amide bonds. The Labute approximate surface area is 229 Å². The van der Waals surface area contributed by atoms with Crippen molar-refractivity contribution < 1.29 is 14.6 Å². The maximum atomic E-state index is 13.3. The number of aryl methyl sites for hydroxylation is 1. The first-order chi connectivity index (χ1) is 18.5. The number of hydrogen-bond donors (Lipinski definition) is 1. The number of phenolic OH excluding ortho intramolecular Hbond substituents is 1. The number of unbranched alkanes of at least 4 members (excludes halogenated alkanes) is 2. The monoisotopic (exact) mass is 518 g/mol. The number of rotatable bonds is 11. The molecule has 206 valence electrons. The lowest BCUT2D eigenvalue weighted by atomic mass is 9.56. The number of fused-ring (bicyclic) bond motifs is 1. The van der Waals surface area contributed by atoms with Gasteiger partial charge in [0.15, 0.2) is 0 Å². The van der Waals surface area contributed by atoms with Crippen LogP contribution in [-0.2, 0) is 21.4 Å². The fraction of sp³-hybridized carbons (Fsp3) is 0.606. The second kappa shape index (κ2) is 12.2. The largest absolute Gasteiger partial charge is 0.508 e. The highest BCUT2D eigenvalue weighted by Crippen LogP contribution is 2.51. The molecule has 1 saturated heterocycles. The van der Waals surface area contributed by atoms with E-state index in [0.29, 0.717) is 18.1 Å². The van der Waals surface area contributed by atoms with E-state index in [-0.39, 0.29) is 23.5 Å². The van der Waals surface area contributed by atoms with Crippen LogP contribution in [0, 0.1) is 11.8 Å². The highest BCUT2D eigenvalue weighted by atomic mass is 16.5. The Bertz CT molecular complexity index is 1060. The van der Waals surface area contributed by atoms with Crippen molar-refractivity contribution >= 4 is 5.91 Å². The molecule has 2 aromatic carbocycles. The number of amides is 1. The number of carbonyl (C=O) groups is 1. The van der Waals surface area contributed by atoms with Gasteiger partial charge in [0, 0.05) is 51.0 Å². The second-order valence-corrected chi connectivity index (χ2v) is 12.2. The molecule has 0 radical (unpaired) electrons. The molecule has 1 aliphatic heterocycles. The maximum Gasteiger partial charge on any atom is 0.222 e. The van der Waals surface area contributed by atoms with Gasteiger partial charge in [-0.1, -0.05) is 48.9 Å². The van der Waals surface area contributed by atoms with Crippen LogP contribution < -0.4 is 0 Å². The van der Waals surface area contributed by atoms with Gasteiger partial charge in [0.2, 0.25) is 5.91 Å². The van der Waals surface area contributed by atoms with E-state index in [2.05, 4.69) is 41.3 Å². The van der Waals surface area contributed by atoms with Gasteiger partial charge >= 0.3 is 0 Å².